The predicted molar refractivity (Wildman–Crippen MR) is 172 cm³/mol. The molecule has 0 fully saturated rings. The van der Waals surface area contributed by atoms with E-state index < -0.39 is 11.9 Å². The molecule has 234 valence electrons. The Morgan fingerprint density at radius 2 is 1.39 bits per heavy atom. The number of Topliss-reactive ketones (excluding diaryl/α,β-unsaturated/α-hetero) is 3. The summed E-state index contributed by atoms with van der Waals surface area (Å²) in [6, 6.07) is 8.88. The molecule has 4 aromatic rings. The molecule has 0 spiro atoms. The van der Waals surface area contributed by atoms with E-state index in [1.54, 1.807) is 26.2 Å². The van der Waals surface area contributed by atoms with Crippen LogP contribution in [0.5, 0.6) is 23.0 Å². The van der Waals surface area contributed by atoms with Crippen LogP contribution in [0.25, 0.3) is 20.2 Å². The van der Waals surface area contributed by atoms with Gasteiger partial charge in [0.15, 0.2) is 34.6 Å². The van der Waals surface area contributed by atoms with Gasteiger partial charge in [-0.1, -0.05) is 25.4 Å². The van der Waals surface area contributed by atoms with Crippen molar-refractivity contribution in [2.45, 2.75) is 40.0 Å². The molecule has 0 aliphatic carbocycles. The zero-order valence-corrected chi connectivity index (χ0v) is 27.4. The second-order valence-corrected chi connectivity index (χ2v) is 13.0. The number of hydrogen-bond donors (Lipinski definition) is 1. The number of carboxylic acids is 1. The zero-order valence-electron chi connectivity index (χ0n) is 25.0. The summed E-state index contributed by atoms with van der Waals surface area (Å²) >= 11 is 9.26. The summed E-state index contributed by atoms with van der Waals surface area (Å²) in [5.74, 6) is -0.685. The van der Waals surface area contributed by atoms with Gasteiger partial charge in [-0.15, -0.1) is 22.7 Å². The number of ketones is 3. The number of methoxy groups -OCH3 is 2. The maximum absolute atomic E-state index is 12.7. The van der Waals surface area contributed by atoms with E-state index >= 15 is 0 Å². The number of carboxylic acid groups (broad SMARTS) is 1. The van der Waals surface area contributed by atoms with Crippen LogP contribution >= 0.6 is 34.3 Å². The van der Waals surface area contributed by atoms with Crippen LogP contribution in [-0.4, -0.2) is 55.9 Å². The van der Waals surface area contributed by atoms with Crippen molar-refractivity contribution < 1.29 is 43.2 Å². The van der Waals surface area contributed by atoms with Gasteiger partial charge in [0.1, 0.15) is 5.78 Å². The minimum Gasteiger partial charge on any atom is -0.493 e. The van der Waals surface area contributed by atoms with E-state index in [-0.39, 0.29) is 42.7 Å². The molecule has 0 bridgehead atoms. The van der Waals surface area contributed by atoms with Crippen molar-refractivity contribution in [2.75, 3.05) is 27.4 Å². The first-order valence-corrected chi connectivity index (χ1v) is 15.9. The van der Waals surface area contributed by atoms with E-state index in [9.17, 15) is 19.2 Å². The monoisotopic (exact) mass is 660 g/mol. The smallest absolute Gasteiger partial charge is 0.306 e. The molecule has 12 heteroatoms. The minimum atomic E-state index is -1.03. The van der Waals surface area contributed by atoms with Crippen LogP contribution in [0.4, 0.5) is 0 Å². The maximum atomic E-state index is 12.7. The lowest BCUT2D eigenvalue weighted by atomic mass is 10.0. The van der Waals surface area contributed by atoms with Crippen LogP contribution in [-0.2, 0) is 9.59 Å². The van der Waals surface area contributed by atoms with Crippen LogP contribution in [0.2, 0.25) is 5.02 Å². The third-order valence-electron chi connectivity index (χ3n) is 7.15. The summed E-state index contributed by atoms with van der Waals surface area (Å²) in [5, 5.41) is 10.9. The van der Waals surface area contributed by atoms with Crippen LogP contribution in [0.3, 0.4) is 0 Å². The van der Waals surface area contributed by atoms with Crippen molar-refractivity contribution in [1.82, 2.24) is 0 Å². The molecule has 0 aliphatic heterocycles. The van der Waals surface area contributed by atoms with E-state index in [2.05, 4.69) is 0 Å². The molecule has 0 saturated carbocycles. The second kappa shape index (κ2) is 14.4. The topological polar surface area (TPSA) is 125 Å². The number of fused-ring (bicyclic) bond motifs is 2. The summed E-state index contributed by atoms with van der Waals surface area (Å²) in [6.07, 6.45) is 0.557. The van der Waals surface area contributed by atoms with Crippen LogP contribution in [0, 0.1) is 11.8 Å². The first-order valence-electron chi connectivity index (χ1n) is 13.9. The van der Waals surface area contributed by atoms with Gasteiger partial charge in [0.25, 0.3) is 0 Å². The van der Waals surface area contributed by atoms with Gasteiger partial charge in [0.05, 0.1) is 48.1 Å². The number of aliphatic carboxylic acids is 1. The molecule has 4 rings (SSSR count). The molecule has 2 heterocycles. The van der Waals surface area contributed by atoms with Crippen LogP contribution < -0.4 is 18.9 Å². The third-order valence-corrected chi connectivity index (χ3v) is 9.78. The van der Waals surface area contributed by atoms with Crippen molar-refractivity contribution in [3.63, 3.8) is 0 Å². The average molecular weight is 661 g/mol. The Kier molecular flexibility index (Phi) is 10.9. The van der Waals surface area contributed by atoms with E-state index in [4.69, 9.17) is 35.7 Å². The molecule has 0 unspecified atom stereocenters. The number of rotatable bonds is 16. The lowest BCUT2D eigenvalue weighted by Gasteiger charge is -2.14. The number of benzene rings is 2. The van der Waals surface area contributed by atoms with E-state index in [0.717, 1.165) is 14.8 Å². The molecule has 0 aliphatic rings. The molecular weight excluding hydrogens is 628 g/mol. The Morgan fingerprint density at radius 1 is 0.795 bits per heavy atom. The first-order chi connectivity index (χ1) is 20.9. The molecule has 2 aromatic carbocycles. The van der Waals surface area contributed by atoms with E-state index in [1.165, 1.54) is 43.6 Å². The molecule has 44 heavy (non-hydrogen) atoms. The minimum absolute atomic E-state index is 0.0150. The van der Waals surface area contributed by atoms with Gasteiger partial charge in [-0.3, -0.25) is 19.2 Å². The number of thiophene rings is 2. The Morgan fingerprint density at radius 3 is 2.02 bits per heavy atom. The molecule has 9 nitrogen and oxygen atoms in total. The Balaban J connectivity index is 1.41. The summed E-state index contributed by atoms with van der Waals surface area (Å²) in [7, 11) is 3.04. The van der Waals surface area contributed by atoms with Crippen molar-refractivity contribution in [2.24, 2.45) is 11.8 Å². The van der Waals surface area contributed by atoms with Crippen molar-refractivity contribution in [3.05, 3.63) is 45.1 Å². The van der Waals surface area contributed by atoms with Gasteiger partial charge in [-0.2, -0.15) is 0 Å². The van der Waals surface area contributed by atoms with Gasteiger partial charge in [0, 0.05) is 52.1 Å². The zero-order chi connectivity index (χ0) is 32.1. The standard InChI is InChI=1S/C32H33ClO9S2/c1-16(18(3)34)9-21(35)28-12-19-11-24(23(39-4)14-26(19)43-28)41-7-6-8-42-31-25(40-5)15-27-20(30(31)33)13-29(44-27)22(36)10-17(2)32(37)38/h11-17H,6-10H2,1-5H3,(H,37,38)/t16-,17-/m0/s1. The summed E-state index contributed by atoms with van der Waals surface area (Å²) in [6.45, 7) is 5.29. The molecule has 0 radical (unpaired) electrons. The quantitative estimate of drug-likeness (QED) is 0.0949. The maximum Gasteiger partial charge on any atom is 0.306 e. The van der Waals surface area contributed by atoms with Gasteiger partial charge >= 0.3 is 5.97 Å². The average Bonchev–Trinajstić information content (AvgIpc) is 3.61. The highest BCUT2D eigenvalue weighted by Crippen LogP contribution is 2.44. The molecule has 2 aromatic heterocycles. The van der Waals surface area contributed by atoms with Crippen molar-refractivity contribution in [1.29, 1.82) is 0 Å². The van der Waals surface area contributed by atoms with Crippen LogP contribution in [0.1, 0.15) is 59.4 Å². The first kappa shape index (κ1) is 33.2. The highest BCUT2D eigenvalue weighted by atomic mass is 35.5. The summed E-state index contributed by atoms with van der Waals surface area (Å²) < 4.78 is 24.6. The Labute approximate surface area is 267 Å². The van der Waals surface area contributed by atoms with Gasteiger partial charge in [0.2, 0.25) is 0 Å². The summed E-state index contributed by atoms with van der Waals surface area (Å²) in [5.41, 5.74) is 0. The highest BCUT2D eigenvalue weighted by molar-refractivity contribution is 7.21. The van der Waals surface area contributed by atoms with Crippen LogP contribution in [0.15, 0.2) is 30.3 Å². The number of halogens is 1. The summed E-state index contributed by atoms with van der Waals surface area (Å²) in [4.78, 5) is 49.1. The van der Waals surface area contributed by atoms with E-state index in [1.807, 2.05) is 18.2 Å². The SMILES string of the molecule is COc1cc2sc(C(=O)C[C@H](C)C(C)=O)cc2cc1OCCCOc1c(OC)cc2sc(C(=O)C[C@H](C)C(=O)O)cc2c1Cl. The predicted octanol–water partition coefficient (Wildman–Crippen LogP) is 7.73. The number of carbonyl (C=O) groups is 4. The normalized spacial score (nSPS) is 12.6. The van der Waals surface area contributed by atoms with Gasteiger partial charge < -0.3 is 24.1 Å². The molecule has 0 amide bonds. The number of carbonyl (C=O) groups excluding carboxylic acids is 3. The molecular formula is C32H33ClO9S2. The van der Waals surface area contributed by atoms with Gasteiger partial charge in [-0.05, 0) is 30.5 Å². The van der Waals surface area contributed by atoms with Gasteiger partial charge in [-0.25, -0.2) is 0 Å². The van der Waals surface area contributed by atoms with Crippen molar-refractivity contribution in [3.8, 4) is 23.0 Å². The molecule has 1 N–H and O–H groups in total. The highest BCUT2D eigenvalue weighted by Gasteiger charge is 2.22. The Hall–Kier alpha value is -3.67. The van der Waals surface area contributed by atoms with E-state index in [0.29, 0.717) is 56.2 Å². The fourth-order valence-corrected chi connectivity index (χ4v) is 6.81. The third kappa shape index (κ3) is 7.51. The lowest BCUT2D eigenvalue weighted by Crippen LogP contribution is -2.13. The lowest BCUT2D eigenvalue weighted by molar-refractivity contribution is -0.141. The fraction of sp³-hybridized carbons (Fsp3) is 0.375. The Bertz CT molecular complexity index is 1720. The molecule has 0 saturated heterocycles. The molecule has 2 atom stereocenters. The van der Waals surface area contributed by atoms with Crippen molar-refractivity contribution >= 4 is 77.8 Å². The second-order valence-electron chi connectivity index (χ2n) is 10.5. The fourth-order valence-electron chi connectivity index (χ4n) is 4.38. The largest absolute Gasteiger partial charge is 0.493 e. The number of ether oxygens (including phenoxy) is 4. The number of hydrogen-bond acceptors (Lipinski definition) is 10.